The Bertz CT molecular complexity index is 666. The lowest BCUT2D eigenvalue weighted by Crippen LogP contribution is -2.14. The summed E-state index contributed by atoms with van der Waals surface area (Å²) < 4.78 is 6.89. The van der Waals surface area contributed by atoms with E-state index in [0.717, 1.165) is 30.7 Å². The lowest BCUT2D eigenvalue weighted by atomic mass is 10.1. The molecule has 2 aromatic heterocycles. The van der Waals surface area contributed by atoms with Crippen LogP contribution < -0.4 is 5.73 Å². The highest BCUT2D eigenvalue weighted by molar-refractivity contribution is 5.82. The van der Waals surface area contributed by atoms with Gasteiger partial charge in [0.15, 0.2) is 17.0 Å². The summed E-state index contributed by atoms with van der Waals surface area (Å²) in [7, 11) is 1.43. The average Bonchev–Trinajstić information content (AvgIpc) is 3.02. The molecule has 1 aliphatic rings. The highest BCUT2D eigenvalue weighted by Gasteiger charge is 2.33. The fourth-order valence-electron chi connectivity index (χ4n) is 3.05. The summed E-state index contributed by atoms with van der Waals surface area (Å²) >= 11 is 0. The molecule has 7 heteroatoms. The Balaban J connectivity index is 1.98. The van der Waals surface area contributed by atoms with E-state index in [0.29, 0.717) is 11.3 Å². The monoisotopic (exact) mass is 275 g/mol. The summed E-state index contributed by atoms with van der Waals surface area (Å²) in [6, 6.07) is 0.207. The van der Waals surface area contributed by atoms with Crippen LogP contribution in [-0.2, 0) is 9.53 Å². The Morgan fingerprint density at radius 3 is 3.00 bits per heavy atom. The highest BCUT2D eigenvalue weighted by Crippen LogP contribution is 2.37. The van der Waals surface area contributed by atoms with Crippen LogP contribution in [-0.4, -0.2) is 32.6 Å². The Labute approximate surface area is 116 Å². The number of anilines is 1. The number of hydrogen-bond donors (Lipinski definition) is 1. The van der Waals surface area contributed by atoms with Gasteiger partial charge in [-0.2, -0.15) is 0 Å². The van der Waals surface area contributed by atoms with Gasteiger partial charge in [-0.15, -0.1) is 0 Å². The largest absolute Gasteiger partial charge is 0.469 e. The zero-order valence-corrected chi connectivity index (χ0v) is 11.5. The van der Waals surface area contributed by atoms with Gasteiger partial charge in [-0.25, -0.2) is 15.0 Å². The third-order valence-electron chi connectivity index (χ3n) is 3.99. The van der Waals surface area contributed by atoms with Gasteiger partial charge in [-0.3, -0.25) is 4.79 Å². The van der Waals surface area contributed by atoms with Crippen LogP contribution in [0.2, 0.25) is 0 Å². The van der Waals surface area contributed by atoms with Gasteiger partial charge >= 0.3 is 5.97 Å². The number of nitrogens with two attached hydrogens (primary N) is 1. The minimum absolute atomic E-state index is 0.0407. The zero-order chi connectivity index (χ0) is 14.3. The third-order valence-corrected chi connectivity index (χ3v) is 3.99. The molecule has 2 atom stereocenters. The van der Waals surface area contributed by atoms with E-state index in [2.05, 4.69) is 19.5 Å². The minimum atomic E-state index is -0.135. The Morgan fingerprint density at radius 2 is 2.25 bits per heavy atom. The van der Waals surface area contributed by atoms with E-state index in [-0.39, 0.29) is 17.9 Å². The van der Waals surface area contributed by atoms with E-state index in [1.54, 1.807) is 0 Å². The van der Waals surface area contributed by atoms with Crippen LogP contribution in [0, 0.1) is 12.8 Å². The molecule has 1 aliphatic carbocycles. The minimum Gasteiger partial charge on any atom is -0.469 e. The lowest BCUT2D eigenvalue weighted by Gasteiger charge is -2.14. The summed E-state index contributed by atoms with van der Waals surface area (Å²) in [4.78, 5) is 24.3. The number of carbonyl (C=O) groups is 1. The molecule has 0 aliphatic heterocycles. The van der Waals surface area contributed by atoms with Crippen molar-refractivity contribution < 1.29 is 9.53 Å². The van der Waals surface area contributed by atoms with E-state index < -0.39 is 0 Å². The van der Waals surface area contributed by atoms with Gasteiger partial charge in [0.2, 0.25) is 0 Å². The molecule has 0 bridgehead atoms. The number of carbonyl (C=O) groups excluding carboxylic acids is 1. The SMILES string of the molecule is COC(=O)[C@@H]1CC[C@@H](n2c(C)nc3c(N)ncnc32)C1. The fourth-order valence-corrected chi connectivity index (χ4v) is 3.05. The number of rotatable bonds is 2. The molecule has 0 aromatic carbocycles. The molecule has 2 aromatic rings. The molecule has 3 rings (SSSR count). The van der Waals surface area contributed by atoms with Gasteiger partial charge in [-0.05, 0) is 26.2 Å². The number of esters is 1. The topological polar surface area (TPSA) is 95.9 Å². The van der Waals surface area contributed by atoms with E-state index in [1.165, 1.54) is 13.4 Å². The second-order valence-corrected chi connectivity index (χ2v) is 5.15. The maximum atomic E-state index is 11.6. The van der Waals surface area contributed by atoms with Gasteiger partial charge in [0.25, 0.3) is 0 Å². The van der Waals surface area contributed by atoms with Crippen molar-refractivity contribution in [3.05, 3.63) is 12.2 Å². The van der Waals surface area contributed by atoms with Crippen LogP contribution >= 0.6 is 0 Å². The van der Waals surface area contributed by atoms with Gasteiger partial charge in [0.05, 0.1) is 13.0 Å². The van der Waals surface area contributed by atoms with Crippen molar-refractivity contribution >= 4 is 23.0 Å². The first-order valence-electron chi connectivity index (χ1n) is 6.64. The molecular formula is C13H17N5O2. The second kappa shape index (κ2) is 4.73. The summed E-state index contributed by atoms with van der Waals surface area (Å²) in [5.74, 6) is 1.06. The highest BCUT2D eigenvalue weighted by atomic mass is 16.5. The Morgan fingerprint density at radius 1 is 1.45 bits per heavy atom. The van der Waals surface area contributed by atoms with Crippen molar-refractivity contribution in [3.63, 3.8) is 0 Å². The first kappa shape index (κ1) is 12.8. The van der Waals surface area contributed by atoms with Crippen molar-refractivity contribution in [1.82, 2.24) is 19.5 Å². The Hall–Kier alpha value is -2.18. The van der Waals surface area contributed by atoms with Crippen LogP contribution in [0.3, 0.4) is 0 Å². The predicted molar refractivity (Wildman–Crippen MR) is 72.9 cm³/mol. The quantitative estimate of drug-likeness (QED) is 0.828. The molecule has 1 saturated carbocycles. The van der Waals surface area contributed by atoms with E-state index in [1.807, 2.05) is 6.92 Å². The number of imidazole rings is 1. The molecule has 2 N–H and O–H groups in total. The molecule has 7 nitrogen and oxygen atoms in total. The lowest BCUT2D eigenvalue weighted by molar-refractivity contribution is -0.145. The smallest absolute Gasteiger partial charge is 0.308 e. The molecule has 106 valence electrons. The van der Waals surface area contributed by atoms with Gasteiger partial charge in [0, 0.05) is 6.04 Å². The van der Waals surface area contributed by atoms with Gasteiger partial charge in [0.1, 0.15) is 12.2 Å². The average molecular weight is 275 g/mol. The van der Waals surface area contributed by atoms with Crippen molar-refractivity contribution in [2.75, 3.05) is 12.8 Å². The first-order chi connectivity index (χ1) is 9.61. The van der Waals surface area contributed by atoms with Crippen molar-refractivity contribution in [1.29, 1.82) is 0 Å². The van der Waals surface area contributed by atoms with Gasteiger partial charge in [-0.1, -0.05) is 0 Å². The number of methoxy groups -OCH3 is 1. The summed E-state index contributed by atoms with van der Waals surface area (Å²) in [6.45, 7) is 1.92. The van der Waals surface area contributed by atoms with Crippen LogP contribution in [0.1, 0.15) is 31.1 Å². The summed E-state index contributed by atoms with van der Waals surface area (Å²) in [5.41, 5.74) is 7.21. The number of ether oxygens (including phenoxy) is 1. The van der Waals surface area contributed by atoms with Crippen LogP contribution in [0.15, 0.2) is 6.33 Å². The molecule has 1 fully saturated rings. The molecule has 0 amide bonds. The third kappa shape index (κ3) is 1.90. The maximum Gasteiger partial charge on any atom is 0.308 e. The summed E-state index contributed by atoms with van der Waals surface area (Å²) in [5, 5.41) is 0. The Kier molecular flexibility index (Phi) is 3.04. The van der Waals surface area contributed by atoms with Crippen molar-refractivity contribution in [2.45, 2.75) is 32.2 Å². The number of nitrogen functional groups attached to an aromatic ring is 1. The predicted octanol–water partition coefficient (Wildman–Crippen LogP) is 1.23. The number of aryl methyl sites for hydroxylation is 1. The zero-order valence-electron chi connectivity index (χ0n) is 11.5. The molecular weight excluding hydrogens is 258 g/mol. The standard InChI is InChI=1S/C13H17N5O2/c1-7-17-10-11(14)15-6-16-12(10)18(7)9-4-3-8(5-9)13(19)20-2/h6,8-9H,3-5H2,1-2H3,(H2,14,15,16)/t8-,9-/m1/s1. The summed E-state index contributed by atoms with van der Waals surface area (Å²) in [6.07, 6.45) is 3.94. The molecule has 20 heavy (non-hydrogen) atoms. The number of fused-ring (bicyclic) bond motifs is 1. The van der Waals surface area contributed by atoms with Crippen LogP contribution in [0.4, 0.5) is 5.82 Å². The van der Waals surface area contributed by atoms with Crippen molar-refractivity contribution in [2.24, 2.45) is 5.92 Å². The second-order valence-electron chi connectivity index (χ2n) is 5.15. The van der Waals surface area contributed by atoms with E-state index in [9.17, 15) is 4.79 Å². The normalized spacial score (nSPS) is 22.3. The van der Waals surface area contributed by atoms with Crippen molar-refractivity contribution in [3.8, 4) is 0 Å². The first-order valence-corrected chi connectivity index (χ1v) is 6.64. The molecule has 0 unspecified atom stereocenters. The van der Waals surface area contributed by atoms with E-state index in [4.69, 9.17) is 10.5 Å². The molecule has 0 radical (unpaired) electrons. The van der Waals surface area contributed by atoms with Crippen LogP contribution in [0.25, 0.3) is 11.2 Å². The number of hydrogen-bond acceptors (Lipinski definition) is 6. The molecule has 2 heterocycles. The fraction of sp³-hybridized carbons (Fsp3) is 0.538. The van der Waals surface area contributed by atoms with Gasteiger partial charge < -0.3 is 15.0 Å². The molecule has 0 spiro atoms. The van der Waals surface area contributed by atoms with E-state index >= 15 is 0 Å². The number of nitrogens with zero attached hydrogens (tertiary/aromatic N) is 4. The number of aromatic nitrogens is 4. The molecule has 0 saturated heterocycles. The van der Waals surface area contributed by atoms with Crippen LogP contribution in [0.5, 0.6) is 0 Å². The maximum absolute atomic E-state index is 11.6.